The van der Waals surface area contributed by atoms with Crippen molar-refractivity contribution in [3.63, 3.8) is 0 Å². The van der Waals surface area contributed by atoms with Crippen LogP contribution in [0.1, 0.15) is 60.3 Å². The number of halogens is 2. The van der Waals surface area contributed by atoms with Crippen LogP contribution in [0.25, 0.3) is 5.69 Å². The van der Waals surface area contributed by atoms with E-state index in [-0.39, 0.29) is 47.1 Å². The molecule has 0 spiro atoms. The number of piperidine rings is 1. The molecular formula is C33H41F2N9O9. The Kier molecular flexibility index (Phi) is 10.6. The van der Waals surface area contributed by atoms with Crippen LogP contribution >= 0.6 is 0 Å². The molecule has 0 bridgehead atoms. The van der Waals surface area contributed by atoms with E-state index in [2.05, 4.69) is 49.8 Å². The van der Waals surface area contributed by atoms with Crippen molar-refractivity contribution in [1.29, 1.82) is 0 Å². The number of esters is 3. The molecule has 0 radical (unpaired) electrons. The van der Waals surface area contributed by atoms with Crippen molar-refractivity contribution in [2.75, 3.05) is 23.8 Å². The smallest absolute Gasteiger partial charge is 0.368 e. The Morgan fingerprint density at radius 1 is 1.00 bits per heavy atom. The second kappa shape index (κ2) is 15.0. The van der Waals surface area contributed by atoms with Crippen LogP contribution < -0.4 is 21.1 Å². The summed E-state index contributed by atoms with van der Waals surface area (Å²) in [5, 5.41) is 13.5. The molecule has 286 valence electrons. The molecule has 0 saturated carbocycles. The number of nitrogens with one attached hydrogen (secondary N) is 2. The topological polar surface area (TPSA) is 203 Å². The van der Waals surface area contributed by atoms with Gasteiger partial charge in [-0.15, -0.1) is 0 Å². The predicted molar refractivity (Wildman–Crippen MR) is 179 cm³/mol. The van der Waals surface area contributed by atoms with Gasteiger partial charge in [-0.3, -0.25) is 19.3 Å². The van der Waals surface area contributed by atoms with E-state index < -0.39 is 59.8 Å². The summed E-state index contributed by atoms with van der Waals surface area (Å²) in [6.07, 6.45) is -0.952. The number of carbonyl (C=O) groups is 3. The van der Waals surface area contributed by atoms with E-state index in [0.717, 1.165) is 80.7 Å². The van der Waals surface area contributed by atoms with Crippen LogP contribution in [0.15, 0.2) is 23.1 Å². The molecule has 18 nitrogen and oxygen atoms in total. The summed E-state index contributed by atoms with van der Waals surface area (Å²) in [6.45, 7) is 8.32. The first-order valence-corrected chi connectivity index (χ1v) is 17.1. The SMILES string of the molecule is CC(=O)OC1COC(Oc2cc(F)c(Nc3ncc(F)c(N[C@@H]4C[C@@H]5CCCN5C(C)(C)C4)n3)cc2-n2nnn(C)c2=O)[C@@H](OC(C)=O)[C@@H]1OC(C)=O. The van der Waals surface area contributed by atoms with Crippen LogP contribution in [-0.2, 0) is 40.4 Å². The van der Waals surface area contributed by atoms with Crippen LogP contribution in [0.5, 0.6) is 5.75 Å². The van der Waals surface area contributed by atoms with Gasteiger partial charge in [-0.25, -0.2) is 18.6 Å². The van der Waals surface area contributed by atoms with Crippen molar-refractivity contribution < 1.29 is 46.8 Å². The lowest BCUT2D eigenvalue weighted by Crippen LogP contribution is -2.59. The number of fused-ring (bicyclic) bond motifs is 1. The lowest BCUT2D eigenvalue weighted by atomic mass is 9.84. The average Bonchev–Trinajstić information content (AvgIpc) is 3.68. The van der Waals surface area contributed by atoms with Crippen LogP contribution in [-0.4, -0.2) is 108 Å². The summed E-state index contributed by atoms with van der Waals surface area (Å²) in [7, 11) is 1.34. The molecule has 5 heterocycles. The minimum Gasteiger partial charge on any atom is -0.458 e. The van der Waals surface area contributed by atoms with Gasteiger partial charge in [0.25, 0.3) is 0 Å². The highest BCUT2D eigenvalue weighted by Gasteiger charge is 2.49. The highest BCUT2D eigenvalue weighted by atomic mass is 19.1. The van der Waals surface area contributed by atoms with Crippen molar-refractivity contribution in [2.45, 2.75) is 103 Å². The molecule has 3 saturated heterocycles. The van der Waals surface area contributed by atoms with Gasteiger partial charge in [-0.1, -0.05) is 0 Å². The number of tetrazole rings is 1. The Labute approximate surface area is 302 Å². The summed E-state index contributed by atoms with van der Waals surface area (Å²) in [5.41, 5.74) is -1.25. The lowest BCUT2D eigenvalue weighted by molar-refractivity contribution is -0.259. The van der Waals surface area contributed by atoms with Crippen molar-refractivity contribution in [1.82, 2.24) is 34.7 Å². The minimum absolute atomic E-state index is 0.0548. The quantitative estimate of drug-likeness (QED) is 0.225. The number of rotatable bonds is 10. The largest absolute Gasteiger partial charge is 0.458 e. The van der Waals surface area contributed by atoms with Crippen molar-refractivity contribution in [3.8, 4) is 11.4 Å². The molecule has 3 aliphatic rings. The normalized spacial score (nSPS) is 25.2. The molecule has 2 aromatic heterocycles. The second-order valence-electron chi connectivity index (χ2n) is 13.8. The number of anilines is 3. The zero-order valence-electron chi connectivity index (χ0n) is 30.0. The molecule has 3 aromatic rings. The zero-order valence-corrected chi connectivity index (χ0v) is 30.0. The molecule has 2 unspecified atom stereocenters. The summed E-state index contributed by atoms with van der Waals surface area (Å²) >= 11 is 0. The first-order valence-electron chi connectivity index (χ1n) is 17.1. The fourth-order valence-electron chi connectivity index (χ4n) is 7.26. The maximum atomic E-state index is 15.9. The van der Waals surface area contributed by atoms with Gasteiger partial charge >= 0.3 is 23.6 Å². The number of nitrogens with zero attached hydrogens (tertiary/aromatic N) is 7. The van der Waals surface area contributed by atoms with Gasteiger partial charge in [0.1, 0.15) is 5.69 Å². The van der Waals surface area contributed by atoms with Crippen LogP contribution in [0, 0.1) is 11.6 Å². The minimum atomic E-state index is -1.57. The molecule has 0 aliphatic carbocycles. The zero-order chi connectivity index (χ0) is 38.2. The Morgan fingerprint density at radius 3 is 2.40 bits per heavy atom. The first-order chi connectivity index (χ1) is 25.1. The molecule has 53 heavy (non-hydrogen) atoms. The van der Waals surface area contributed by atoms with Gasteiger partial charge in [0, 0.05) is 51.5 Å². The van der Waals surface area contributed by atoms with E-state index in [1.54, 1.807) is 0 Å². The standard InChI is InChI=1S/C33H41F2N9O9/c1-16(45)50-26-15-49-30(28(52-18(3)47)27(26)51-17(2)46)53-25-11-21(34)23(12-24(25)44-32(48)42(6)40-41-44)38-31-36-14-22(35)29(39-31)37-19-10-20-8-7-9-43(20)33(4,5)13-19/h11-12,14,19-20,26-28,30H,7-10,13,15H2,1-6H3,(H2,36,37,38,39)/t19-,20+,26?,27-,28+,30?/m1/s1. The number of hydrogen-bond acceptors (Lipinski definition) is 16. The van der Waals surface area contributed by atoms with Crippen molar-refractivity contribution in [2.24, 2.45) is 7.05 Å². The monoisotopic (exact) mass is 745 g/mol. The van der Waals surface area contributed by atoms with E-state index in [1.807, 2.05) is 0 Å². The number of aromatic nitrogens is 6. The predicted octanol–water partition coefficient (Wildman–Crippen LogP) is 2.13. The third-order valence-corrected chi connectivity index (χ3v) is 9.33. The molecule has 3 fully saturated rings. The van der Waals surface area contributed by atoms with Gasteiger partial charge in [0.05, 0.1) is 18.5 Å². The summed E-state index contributed by atoms with van der Waals surface area (Å²) < 4.78 is 60.4. The highest BCUT2D eigenvalue weighted by Crippen LogP contribution is 2.39. The number of carbonyl (C=O) groups excluding carboxylic acids is 3. The van der Waals surface area contributed by atoms with Gasteiger partial charge in [-0.2, -0.15) is 14.3 Å². The van der Waals surface area contributed by atoms with E-state index in [4.69, 9.17) is 23.7 Å². The third-order valence-electron chi connectivity index (χ3n) is 9.33. The summed E-state index contributed by atoms with van der Waals surface area (Å²) in [4.78, 5) is 59.8. The van der Waals surface area contributed by atoms with Gasteiger partial charge in [0.2, 0.25) is 18.3 Å². The number of ether oxygens (including phenoxy) is 5. The van der Waals surface area contributed by atoms with Crippen LogP contribution in [0.3, 0.4) is 0 Å². The summed E-state index contributed by atoms with van der Waals surface area (Å²) in [5.74, 6) is -4.51. The molecule has 20 heteroatoms. The number of benzene rings is 1. The average molecular weight is 746 g/mol. The second-order valence-corrected chi connectivity index (χ2v) is 13.8. The first kappa shape index (κ1) is 37.5. The lowest BCUT2D eigenvalue weighted by Gasteiger charge is -2.47. The highest BCUT2D eigenvalue weighted by molar-refractivity contribution is 5.68. The Bertz CT molecular complexity index is 1940. The number of hydrogen-bond donors (Lipinski definition) is 2. The Balaban J connectivity index is 1.30. The van der Waals surface area contributed by atoms with E-state index >= 15 is 8.78 Å². The third kappa shape index (κ3) is 8.22. The van der Waals surface area contributed by atoms with Crippen LogP contribution in [0.2, 0.25) is 0 Å². The van der Waals surface area contributed by atoms with E-state index in [0.29, 0.717) is 6.04 Å². The van der Waals surface area contributed by atoms with E-state index in [9.17, 15) is 19.2 Å². The molecule has 6 atom stereocenters. The van der Waals surface area contributed by atoms with Gasteiger partial charge in [-0.05, 0) is 62.6 Å². The Morgan fingerprint density at radius 2 is 1.72 bits per heavy atom. The molecule has 6 rings (SSSR count). The number of aryl methyl sites for hydroxylation is 1. The maximum absolute atomic E-state index is 15.9. The summed E-state index contributed by atoms with van der Waals surface area (Å²) in [6, 6.07) is 2.37. The van der Waals surface area contributed by atoms with Crippen molar-refractivity contribution in [3.05, 3.63) is 40.4 Å². The molecule has 0 amide bonds. The molecule has 1 aromatic carbocycles. The fourth-order valence-corrected chi connectivity index (χ4v) is 7.26. The van der Waals surface area contributed by atoms with E-state index in [1.165, 1.54) is 7.05 Å². The molecule has 2 N–H and O–H groups in total. The molecule has 3 aliphatic heterocycles. The molecular weight excluding hydrogens is 704 g/mol. The van der Waals surface area contributed by atoms with Crippen molar-refractivity contribution >= 4 is 35.4 Å². The Hall–Kier alpha value is -5.24. The fraction of sp³-hybridized carbons (Fsp3) is 0.576. The maximum Gasteiger partial charge on any atom is 0.368 e. The van der Waals surface area contributed by atoms with Crippen LogP contribution in [0.4, 0.5) is 26.2 Å². The van der Waals surface area contributed by atoms with Gasteiger partial charge in [0.15, 0.2) is 35.4 Å². The van der Waals surface area contributed by atoms with Gasteiger partial charge < -0.3 is 34.3 Å².